The van der Waals surface area contributed by atoms with E-state index in [-0.39, 0.29) is 11.2 Å². The van der Waals surface area contributed by atoms with Gasteiger partial charge in [0.25, 0.3) is 0 Å². The molecular formula is C12H23NO2P2S. The lowest BCUT2D eigenvalue weighted by molar-refractivity contribution is 0.547. The van der Waals surface area contributed by atoms with Gasteiger partial charge < -0.3 is 0 Å². The molecule has 6 heteroatoms. The van der Waals surface area contributed by atoms with Crippen LogP contribution in [-0.4, -0.2) is 28.8 Å². The first-order valence-corrected chi connectivity index (χ1v) is 10.2. The number of hydrogen-bond donors (Lipinski definition) is 0. The fourth-order valence-corrected chi connectivity index (χ4v) is 8.53. The minimum absolute atomic E-state index is 0.0190. The van der Waals surface area contributed by atoms with E-state index in [1.165, 1.54) is 25.7 Å². The van der Waals surface area contributed by atoms with Gasteiger partial charge in [-0.2, -0.15) is 3.85 Å². The van der Waals surface area contributed by atoms with Gasteiger partial charge >= 0.3 is 0 Å². The summed E-state index contributed by atoms with van der Waals surface area (Å²) in [6.07, 6.45) is 6.60. The van der Waals surface area contributed by atoms with E-state index in [1.54, 1.807) is 6.08 Å². The summed E-state index contributed by atoms with van der Waals surface area (Å²) in [6.45, 7) is 7.48. The Labute approximate surface area is 115 Å². The Balaban J connectivity index is 2.07. The van der Waals surface area contributed by atoms with Crippen molar-refractivity contribution in [3.05, 3.63) is 12.7 Å². The maximum Gasteiger partial charge on any atom is 0.223 e. The fraction of sp³-hybridized carbons (Fsp3) is 0.833. The SMILES string of the molecule is C=C[C@H](C)[C@@H](C)S(=O)(=O)N(PC1CC1)PC1CC1. The Morgan fingerprint density at radius 2 is 1.61 bits per heavy atom. The third-order valence-corrected chi connectivity index (χ3v) is 10.8. The van der Waals surface area contributed by atoms with Crippen molar-refractivity contribution in [1.29, 1.82) is 0 Å². The summed E-state index contributed by atoms with van der Waals surface area (Å²) >= 11 is 0. The fourth-order valence-electron chi connectivity index (χ4n) is 1.57. The average molecular weight is 307 g/mol. The molecule has 18 heavy (non-hydrogen) atoms. The molecule has 0 aromatic carbocycles. The van der Waals surface area contributed by atoms with Crippen LogP contribution in [0, 0.1) is 5.92 Å². The lowest BCUT2D eigenvalue weighted by atomic mass is 10.1. The number of allylic oxidation sites excluding steroid dienone is 1. The van der Waals surface area contributed by atoms with Gasteiger partial charge in [0.15, 0.2) is 0 Å². The predicted octanol–water partition coefficient (Wildman–Crippen LogP) is 3.34. The molecule has 0 aromatic rings. The monoisotopic (exact) mass is 307 g/mol. The number of hydrogen-bond acceptors (Lipinski definition) is 2. The first-order chi connectivity index (χ1) is 8.45. The van der Waals surface area contributed by atoms with E-state index < -0.39 is 10.0 Å². The molecule has 0 spiro atoms. The highest BCUT2D eigenvalue weighted by Crippen LogP contribution is 2.54. The van der Waals surface area contributed by atoms with Gasteiger partial charge in [-0.3, -0.25) is 0 Å². The van der Waals surface area contributed by atoms with Crippen molar-refractivity contribution < 1.29 is 8.42 Å². The molecule has 0 radical (unpaired) electrons. The van der Waals surface area contributed by atoms with Crippen LogP contribution in [0.25, 0.3) is 0 Å². The Kier molecular flexibility index (Phi) is 4.86. The minimum Gasteiger partial charge on any atom is -0.211 e. The molecule has 2 unspecified atom stereocenters. The van der Waals surface area contributed by atoms with Gasteiger partial charge in [-0.1, -0.05) is 13.0 Å². The predicted molar refractivity (Wildman–Crippen MR) is 82.3 cm³/mol. The zero-order valence-electron chi connectivity index (χ0n) is 11.1. The van der Waals surface area contributed by atoms with Gasteiger partial charge in [-0.05, 0) is 67.3 Å². The molecule has 0 bridgehead atoms. The van der Waals surface area contributed by atoms with E-state index >= 15 is 0 Å². The summed E-state index contributed by atoms with van der Waals surface area (Å²) in [6, 6.07) is 0. The van der Waals surface area contributed by atoms with Crippen molar-refractivity contribution in [1.82, 2.24) is 3.85 Å². The maximum absolute atomic E-state index is 12.6. The van der Waals surface area contributed by atoms with Crippen molar-refractivity contribution in [3.63, 3.8) is 0 Å². The number of rotatable bonds is 8. The highest BCUT2D eigenvalue weighted by Gasteiger charge is 2.38. The molecule has 0 aromatic heterocycles. The second-order valence-electron chi connectivity index (χ2n) is 5.42. The van der Waals surface area contributed by atoms with Gasteiger partial charge in [-0.15, -0.1) is 6.58 Å². The van der Waals surface area contributed by atoms with Gasteiger partial charge in [0.1, 0.15) is 0 Å². The van der Waals surface area contributed by atoms with Crippen LogP contribution in [0.3, 0.4) is 0 Å². The maximum atomic E-state index is 12.6. The standard InChI is InChI=1S/C12H23NO2P2S/c1-4-9(2)10(3)18(14,15)13(16-11-5-6-11)17-12-7-8-12/h4,9-12,16-17H,1,5-8H2,2-3H3/t9-,10+/m0/s1. The zero-order chi connectivity index (χ0) is 13.3. The van der Waals surface area contributed by atoms with E-state index in [1.807, 2.05) is 17.7 Å². The van der Waals surface area contributed by atoms with Gasteiger partial charge in [-0.25, -0.2) is 8.42 Å². The quantitative estimate of drug-likeness (QED) is 0.509. The van der Waals surface area contributed by atoms with Crippen LogP contribution in [0.1, 0.15) is 39.5 Å². The molecule has 4 atom stereocenters. The van der Waals surface area contributed by atoms with E-state index in [0.29, 0.717) is 28.8 Å². The molecule has 2 fully saturated rings. The Hall–Kier alpha value is 0.510. The van der Waals surface area contributed by atoms with Crippen molar-refractivity contribution in [2.45, 2.75) is 56.1 Å². The van der Waals surface area contributed by atoms with Crippen LogP contribution in [-0.2, 0) is 10.0 Å². The molecule has 0 saturated heterocycles. The topological polar surface area (TPSA) is 37.4 Å². The summed E-state index contributed by atoms with van der Waals surface area (Å²) in [5, 5.41) is -0.340. The van der Waals surface area contributed by atoms with Crippen LogP contribution in [0.15, 0.2) is 12.7 Å². The molecule has 2 aliphatic rings. The van der Waals surface area contributed by atoms with Crippen molar-refractivity contribution in [3.8, 4) is 0 Å². The van der Waals surface area contributed by atoms with Gasteiger partial charge in [0.2, 0.25) is 10.0 Å². The van der Waals surface area contributed by atoms with Crippen LogP contribution < -0.4 is 0 Å². The first kappa shape index (κ1) is 14.9. The average Bonchev–Trinajstić information content (AvgIpc) is 3.20. The lowest BCUT2D eigenvalue weighted by Crippen LogP contribution is -2.31. The van der Waals surface area contributed by atoms with Gasteiger partial charge in [0.05, 0.1) is 5.25 Å². The molecule has 3 nitrogen and oxygen atoms in total. The molecule has 0 aliphatic heterocycles. The van der Waals surface area contributed by atoms with Crippen LogP contribution in [0.5, 0.6) is 0 Å². The molecule has 2 rings (SSSR count). The Bertz CT molecular complexity index is 390. The molecule has 0 N–H and O–H groups in total. The third kappa shape index (κ3) is 3.76. The summed E-state index contributed by atoms with van der Waals surface area (Å²) in [4.78, 5) is 0. The first-order valence-electron chi connectivity index (χ1n) is 6.64. The molecule has 0 amide bonds. The minimum atomic E-state index is -3.14. The van der Waals surface area contributed by atoms with Crippen molar-refractivity contribution >= 4 is 27.5 Å². The molecule has 2 saturated carbocycles. The van der Waals surface area contributed by atoms with Gasteiger partial charge in [0, 0.05) is 0 Å². The number of sulfonamides is 1. The molecule has 0 heterocycles. The van der Waals surface area contributed by atoms with Crippen LogP contribution in [0.4, 0.5) is 0 Å². The summed E-state index contributed by atoms with van der Waals surface area (Å²) in [7, 11) is -2.16. The second kappa shape index (κ2) is 5.87. The third-order valence-electron chi connectivity index (χ3n) is 3.59. The highest BCUT2D eigenvalue weighted by atomic mass is 32.2. The smallest absolute Gasteiger partial charge is 0.211 e. The van der Waals surface area contributed by atoms with Crippen molar-refractivity contribution in [2.75, 3.05) is 0 Å². The normalized spacial score (nSPS) is 25.3. The van der Waals surface area contributed by atoms with Crippen LogP contribution in [0.2, 0.25) is 0 Å². The lowest BCUT2D eigenvalue weighted by Gasteiger charge is -2.27. The summed E-state index contributed by atoms with van der Waals surface area (Å²) in [5.41, 5.74) is 1.30. The largest absolute Gasteiger partial charge is 0.223 e. The number of nitrogens with zero attached hydrogens (tertiary/aromatic N) is 1. The zero-order valence-corrected chi connectivity index (χ0v) is 13.9. The molecule has 2 aliphatic carbocycles. The van der Waals surface area contributed by atoms with Crippen LogP contribution >= 0.6 is 17.5 Å². The summed E-state index contributed by atoms with van der Waals surface area (Å²) in [5.74, 6) is 0.0190. The molecular weight excluding hydrogens is 284 g/mol. The van der Waals surface area contributed by atoms with E-state index in [2.05, 4.69) is 6.58 Å². The Morgan fingerprint density at radius 3 is 1.94 bits per heavy atom. The summed E-state index contributed by atoms with van der Waals surface area (Å²) < 4.78 is 27.1. The van der Waals surface area contributed by atoms with Crippen molar-refractivity contribution in [2.24, 2.45) is 5.92 Å². The van der Waals surface area contributed by atoms with E-state index in [9.17, 15) is 8.42 Å². The highest BCUT2D eigenvalue weighted by molar-refractivity contribution is 7.98. The van der Waals surface area contributed by atoms with E-state index in [4.69, 9.17) is 0 Å². The Morgan fingerprint density at radius 1 is 1.17 bits per heavy atom. The molecule has 104 valence electrons. The second-order valence-corrected chi connectivity index (χ2v) is 11.7. The van der Waals surface area contributed by atoms with E-state index in [0.717, 1.165) is 0 Å².